The Kier molecular flexibility index (Phi) is 4.60. The van der Waals surface area contributed by atoms with Crippen LogP contribution < -0.4 is 9.64 Å². The van der Waals surface area contributed by atoms with E-state index in [1.165, 1.54) is 0 Å². The molecule has 39 heavy (non-hydrogen) atoms. The molecule has 184 valence electrons. The van der Waals surface area contributed by atoms with E-state index in [1.807, 2.05) is 36.4 Å². The Morgan fingerprint density at radius 1 is 0.538 bits per heavy atom. The molecule has 8 rings (SSSR count). The van der Waals surface area contributed by atoms with E-state index in [1.54, 1.807) is 0 Å². The highest BCUT2D eigenvalue weighted by atomic mass is 16.5. The van der Waals surface area contributed by atoms with Crippen molar-refractivity contribution in [1.29, 1.82) is 0 Å². The minimum Gasteiger partial charge on any atom is -0.453 e. The number of para-hydroxylation sites is 5. The monoisotopic (exact) mass is 501 g/mol. The van der Waals surface area contributed by atoms with Gasteiger partial charge < -0.3 is 14.2 Å². The number of aromatic nitrogens is 1. The third-order valence-corrected chi connectivity index (χ3v) is 7.50. The Morgan fingerprint density at radius 3 is 1.95 bits per heavy atom. The van der Waals surface area contributed by atoms with Crippen LogP contribution in [0.25, 0.3) is 38.6 Å². The van der Waals surface area contributed by atoms with E-state index in [0.29, 0.717) is 6.04 Å². The van der Waals surface area contributed by atoms with Gasteiger partial charge in [-0.1, -0.05) is 91.0 Å². The molecule has 0 atom stereocenters. The van der Waals surface area contributed by atoms with Crippen LogP contribution in [0.2, 0.25) is 0 Å². The van der Waals surface area contributed by atoms with Crippen molar-refractivity contribution in [3.05, 3.63) is 146 Å². The Morgan fingerprint density at radius 2 is 1.21 bits per heavy atom. The first-order valence-electron chi connectivity index (χ1n) is 13.6. The highest BCUT2D eigenvalue weighted by Crippen LogP contribution is 2.48. The lowest BCUT2D eigenvalue weighted by Gasteiger charge is -2.26. The molecule has 2 heterocycles. The number of rotatable bonds is 4. The van der Waals surface area contributed by atoms with Crippen LogP contribution in [0, 0.1) is 0 Å². The lowest BCUT2D eigenvalue weighted by molar-refractivity contribution is 0.477. The zero-order valence-electron chi connectivity index (χ0n) is 22.1. The molecule has 0 N–H and O–H groups in total. The molecule has 1 aliphatic rings. The molecule has 0 saturated heterocycles. The van der Waals surface area contributed by atoms with Crippen molar-refractivity contribution in [3.8, 4) is 28.3 Å². The molecule has 0 aliphatic carbocycles. The SMILES string of the molecule is [2H]c1cc2c3c(c1)c1ccccc1n3-c1c(cccc1-c1ccc(N(c3ccccc3)c3ccccc3)cc1)O2. The van der Waals surface area contributed by atoms with Gasteiger partial charge in [0.1, 0.15) is 0 Å². The molecule has 0 saturated carbocycles. The second kappa shape index (κ2) is 8.64. The number of fused-ring (bicyclic) bond motifs is 5. The van der Waals surface area contributed by atoms with E-state index in [0.717, 1.165) is 67.2 Å². The summed E-state index contributed by atoms with van der Waals surface area (Å²) < 4.78 is 17.1. The van der Waals surface area contributed by atoms with Crippen molar-refractivity contribution in [2.75, 3.05) is 4.90 Å². The molecule has 0 unspecified atom stereocenters. The Hall–Kier alpha value is -5.28. The van der Waals surface area contributed by atoms with Crippen LogP contribution in [0.1, 0.15) is 1.37 Å². The maximum Gasteiger partial charge on any atom is 0.152 e. The largest absolute Gasteiger partial charge is 0.453 e. The van der Waals surface area contributed by atoms with E-state index in [-0.39, 0.29) is 0 Å². The first-order chi connectivity index (χ1) is 19.8. The smallest absolute Gasteiger partial charge is 0.152 e. The van der Waals surface area contributed by atoms with Crippen LogP contribution in [0.5, 0.6) is 11.5 Å². The topological polar surface area (TPSA) is 17.4 Å². The van der Waals surface area contributed by atoms with Gasteiger partial charge in [0.15, 0.2) is 11.5 Å². The number of benzene rings is 6. The second-order valence-corrected chi connectivity index (χ2v) is 9.74. The van der Waals surface area contributed by atoms with Gasteiger partial charge >= 0.3 is 0 Å². The van der Waals surface area contributed by atoms with E-state index >= 15 is 0 Å². The Bertz CT molecular complexity index is 1990. The molecular formula is C36H24N2O. The first-order valence-corrected chi connectivity index (χ1v) is 13.1. The summed E-state index contributed by atoms with van der Waals surface area (Å²) >= 11 is 0. The van der Waals surface area contributed by atoms with Gasteiger partial charge in [-0.2, -0.15) is 0 Å². The lowest BCUT2D eigenvalue weighted by Crippen LogP contribution is -2.09. The second-order valence-electron chi connectivity index (χ2n) is 9.74. The molecule has 7 aromatic rings. The molecule has 0 bridgehead atoms. The van der Waals surface area contributed by atoms with Crippen LogP contribution in [-0.4, -0.2) is 4.57 Å². The van der Waals surface area contributed by atoms with Crippen LogP contribution in [0.15, 0.2) is 146 Å². The number of nitrogens with zero attached hydrogens (tertiary/aromatic N) is 2. The van der Waals surface area contributed by atoms with Crippen LogP contribution >= 0.6 is 0 Å². The third kappa shape index (κ3) is 3.37. The van der Waals surface area contributed by atoms with Gasteiger partial charge in [0.05, 0.1) is 18.1 Å². The number of ether oxygens (including phenoxy) is 1. The van der Waals surface area contributed by atoms with Gasteiger partial charge in [0.25, 0.3) is 0 Å². The van der Waals surface area contributed by atoms with E-state index in [4.69, 9.17) is 6.11 Å². The maximum absolute atomic E-state index is 8.38. The van der Waals surface area contributed by atoms with Crippen molar-refractivity contribution in [1.82, 2.24) is 4.57 Å². The molecule has 0 fully saturated rings. The third-order valence-electron chi connectivity index (χ3n) is 7.50. The molecule has 3 heteroatoms. The summed E-state index contributed by atoms with van der Waals surface area (Å²) in [5.41, 5.74) is 8.65. The Labute approximate surface area is 228 Å². The average Bonchev–Trinajstić information content (AvgIpc) is 3.33. The minimum absolute atomic E-state index is 0.446. The fourth-order valence-corrected chi connectivity index (χ4v) is 5.81. The van der Waals surface area contributed by atoms with Gasteiger partial charge in [0.2, 0.25) is 0 Å². The van der Waals surface area contributed by atoms with E-state index in [9.17, 15) is 0 Å². The lowest BCUT2D eigenvalue weighted by atomic mass is 10.0. The predicted octanol–water partition coefficient (Wildman–Crippen LogP) is 10.0. The van der Waals surface area contributed by atoms with Crippen molar-refractivity contribution in [3.63, 3.8) is 0 Å². The van der Waals surface area contributed by atoms with Crippen LogP contribution in [-0.2, 0) is 0 Å². The summed E-state index contributed by atoms with van der Waals surface area (Å²) in [6.07, 6.45) is 0. The molecule has 1 aliphatic heterocycles. The predicted molar refractivity (Wildman–Crippen MR) is 161 cm³/mol. The van der Waals surface area contributed by atoms with Gasteiger partial charge in [-0.25, -0.2) is 0 Å². The van der Waals surface area contributed by atoms with Gasteiger partial charge in [-0.15, -0.1) is 0 Å². The van der Waals surface area contributed by atoms with Gasteiger partial charge in [0, 0.05) is 33.4 Å². The molecule has 0 spiro atoms. The van der Waals surface area contributed by atoms with Crippen molar-refractivity contribution < 1.29 is 6.11 Å². The molecule has 6 aromatic carbocycles. The first kappa shape index (κ1) is 20.7. The normalized spacial score (nSPS) is 12.2. The van der Waals surface area contributed by atoms with E-state index in [2.05, 4.69) is 113 Å². The fraction of sp³-hybridized carbons (Fsp3) is 0. The zero-order valence-corrected chi connectivity index (χ0v) is 21.1. The van der Waals surface area contributed by atoms with Crippen LogP contribution in [0.3, 0.4) is 0 Å². The van der Waals surface area contributed by atoms with E-state index < -0.39 is 0 Å². The highest BCUT2D eigenvalue weighted by molar-refractivity contribution is 6.12. The summed E-state index contributed by atoms with van der Waals surface area (Å²) in [6.45, 7) is 0. The zero-order chi connectivity index (χ0) is 26.6. The van der Waals surface area contributed by atoms with Crippen molar-refractivity contribution in [2.45, 2.75) is 0 Å². The highest BCUT2D eigenvalue weighted by Gasteiger charge is 2.26. The number of hydrogen-bond donors (Lipinski definition) is 0. The van der Waals surface area contributed by atoms with Crippen molar-refractivity contribution >= 4 is 38.9 Å². The Balaban J connectivity index is 1.30. The molecule has 1 aromatic heterocycles. The van der Waals surface area contributed by atoms with Gasteiger partial charge in [-0.05, 0) is 60.2 Å². The maximum atomic E-state index is 8.38. The average molecular weight is 502 g/mol. The van der Waals surface area contributed by atoms with Crippen molar-refractivity contribution in [2.24, 2.45) is 0 Å². The minimum atomic E-state index is 0.446. The molecule has 0 amide bonds. The fourth-order valence-electron chi connectivity index (χ4n) is 5.81. The molecular weight excluding hydrogens is 476 g/mol. The molecule has 3 nitrogen and oxygen atoms in total. The summed E-state index contributed by atoms with van der Waals surface area (Å²) in [4.78, 5) is 2.27. The quantitative estimate of drug-likeness (QED) is 0.239. The van der Waals surface area contributed by atoms with Gasteiger partial charge in [-0.3, -0.25) is 0 Å². The molecule has 0 radical (unpaired) electrons. The summed E-state index contributed by atoms with van der Waals surface area (Å²) in [5, 5.41) is 2.16. The summed E-state index contributed by atoms with van der Waals surface area (Å²) in [5.74, 6) is 1.51. The summed E-state index contributed by atoms with van der Waals surface area (Å²) in [7, 11) is 0. The number of anilines is 3. The number of hydrogen-bond acceptors (Lipinski definition) is 2. The summed E-state index contributed by atoms with van der Waals surface area (Å²) in [6, 6.07) is 48.4. The van der Waals surface area contributed by atoms with Crippen LogP contribution in [0.4, 0.5) is 17.1 Å². The standard InChI is InChI=1S/C36H24N2O/c1-3-11-26(12-4-1)37(27-13-5-2-6-14-27)28-23-21-25(22-24-28)29-16-9-19-33-35(29)38-32-18-8-7-15-30(32)31-17-10-20-34(39-33)36(31)38/h1-24H/i10D.